The molecule has 0 bridgehead atoms. The molecule has 1 aromatic heterocycles. The largest absolute Gasteiger partial charge is 0.308 e. The SMILES string of the molecule is c1ccc(-c2ccc(N(c3ccccc3)c3c(N(c4ccccc4)c4ccc(-c5ccccc5)cc4)c4c(c5ccccc35)c3c5ccccc5ccc3n4-c3ccccc3)cc2)cc1. The third-order valence-electron chi connectivity index (χ3n) is 12.7. The van der Waals surface area contributed by atoms with Crippen molar-refractivity contribution in [1.29, 1.82) is 0 Å². The van der Waals surface area contributed by atoms with E-state index in [4.69, 9.17) is 0 Å². The Morgan fingerprint density at radius 3 is 1.20 bits per heavy atom. The number of hydrogen-bond acceptors (Lipinski definition) is 2. The molecule has 12 aromatic rings. The maximum Gasteiger partial charge on any atom is 0.0959 e. The van der Waals surface area contributed by atoms with E-state index in [0.29, 0.717) is 0 Å². The summed E-state index contributed by atoms with van der Waals surface area (Å²) in [5.74, 6) is 0. The zero-order valence-electron chi connectivity index (χ0n) is 35.7. The van der Waals surface area contributed by atoms with Crippen LogP contribution in [0.1, 0.15) is 0 Å². The highest BCUT2D eigenvalue weighted by molar-refractivity contribution is 6.34. The molecule has 306 valence electrons. The first-order valence-corrected chi connectivity index (χ1v) is 22.3. The van der Waals surface area contributed by atoms with Gasteiger partial charge in [0.15, 0.2) is 0 Å². The molecule has 65 heavy (non-hydrogen) atoms. The van der Waals surface area contributed by atoms with Crippen LogP contribution in [-0.2, 0) is 0 Å². The van der Waals surface area contributed by atoms with Crippen molar-refractivity contribution in [2.75, 3.05) is 9.80 Å². The van der Waals surface area contributed by atoms with Crippen LogP contribution in [0, 0.1) is 0 Å². The van der Waals surface area contributed by atoms with Gasteiger partial charge < -0.3 is 14.4 Å². The van der Waals surface area contributed by atoms with Crippen molar-refractivity contribution >= 4 is 77.5 Å². The normalized spacial score (nSPS) is 11.4. The topological polar surface area (TPSA) is 11.4 Å². The number of rotatable bonds is 9. The molecule has 0 N–H and O–H groups in total. The highest BCUT2D eigenvalue weighted by Crippen LogP contribution is 2.56. The molecule has 0 saturated heterocycles. The molecule has 11 aromatic carbocycles. The van der Waals surface area contributed by atoms with Gasteiger partial charge in [-0.25, -0.2) is 0 Å². The van der Waals surface area contributed by atoms with E-state index in [9.17, 15) is 0 Å². The fourth-order valence-corrected chi connectivity index (χ4v) is 9.81. The lowest BCUT2D eigenvalue weighted by Crippen LogP contribution is -2.18. The third-order valence-corrected chi connectivity index (χ3v) is 12.7. The zero-order valence-corrected chi connectivity index (χ0v) is 35.7. The lowest BCUT2D eigenvalue weighted by molar-refractivity contribution is 1.16. The first-order chi connectivity index (χ1) is 32.3. The van der Waals surface area contributed by atoms with Crippen LogP contribution in [0.25, 0.3) is 71.3 Å². The van der Waals surface area contributed by atoms with E-state index in [1.165, 1.54) is 49.2 Å². The molecule has 0 atom stereocenters. The Balaban J connectivity index is 1.29. The van der Waals surface area contributed by atoms with Gasteiger partial charge in [-0.1, -0.05) is 194 Å². The van der Waals surface area contributed by atoms with Crippen molar-refractivity contribution in [3.05, 3.63) is 261 Å². The van der Waals surface area contributed by atoms with Crippen LogP contribution in [0.4, 0.5) is 34.1 Å². The minimum absolute atomic E-state index is 1.05. The molecule has 0 aliphatic rings. The first-order valence-electron chi connectivity index (χ1n) is 22.3. The van der Waals surface area contributed by atoms with Crippen LogP contribution < -0.4 is 9.80 Å². The molecular weight excluding hydrogens is 787 g/mol. The van der Waals surface area contributed by atoms with Crippen molar-refractivity contribution in [3.8, 4) is 27.9 Å². The molecule has 0 radical (unpaired) electrons. The van der Waals surface area contributed by atoms with E-state index in [0.717, 1.165) is 56.2 Å². The van der Waals surface area contributed by atoms with Gasteiger partial charge in [0.05, 0.1) is 22.4 Å². The fourth-order valence-electron chi connectivity index (χ4n) is 9.81. The lowest BCUT2D eigenvalue weighted by atomic mass is 9.95. The summed E-state index contributed by atoms with van der Waals surface area (Å²) in [6.07, 6.45) is 0. The third kappa shape index (κ3) is 6.61. The molecule has 12 rings (SSSR count). The van der Waals surface area contributed by atoms with Crippen LogP contribution in [0.15, 0.2) is 261 Å². The first kappa shape index (κ1) is 38.0. The molecule has 0 spiro atoms. The summed E-state index contributed by atoms with van der Waals surface area (Å²) in [5.41, 5.74) is 14.4. The molecule has 1 heterocycles. The predicted molar refractivity (Wildman–Crippen MR) is 276 cm³/mol. The minimum Gasteiger partial charge on any atom is -0.308 e. The maximum absolute atomic E-state index is 2.51. The fraction of sp³-hybridized carbons (Fsp3) is 0. The summed E-state index contributed by atoms with van der Waals surface area (Å²) in [4.78, 5) is 4.97. The van der Waals surface area contributed by atoms with Gasteiger partial charge in [0.25, 0.3) is 0 Å². The minimum atomic E-state index is 1.05. The Morgan fingerprint density at radius 2 is 0.662 bits per heavy atom. The number of para-hydroxylation sites is 3. The van der Waals surface area contributed by atoms with Crippen LogP contribution in [-0.4, -0.2) is 4.57 Å². The van der Waals surface area contributed by atoms with Gasteiger partial charge in [0, 0.05) is 44.6 Å². The second-order valence-electron chi connectivity index (χ2n) is 16.5. The molecule has 0 aliphatic carbocycles. The molecule has 0 fully saturated rings. The van der Waals surface area contributed by atoms with E-state index in [2.05, 4.69) is 275 Å². The van der Waals surface area contributed by atoms with Gasteiger partial charge in [-0.05, 0) is 105 Å². The Kier molecular flexibility index (Phi) is 9.50. The molecule has 0 aliphatic heterocycles. The van der Waals surface area contributed by atoms with Gasteiger partial charge in [-0.15, -0.1) is 0 Å². The Labute approximate surface area is 378 Å². The number of hydrogen-bond donors (Lipinski definition) is 0. The molecule has 0 amide bonds. The Hall–Kier alpha value is -8.66. The second kappa shape index (κ2) is 16.2. The number of aromatic nitrogens is 1. The summed E-state index contributed by atoms with van der Waals surface area (Å²) in [6.45, 7) is 0. The molecular formula is C62H43N3. The number of anilines is 6. The quantitative estimate of drug-likeness (QED) is 0.134. The molecule has 3 heteroatoms. The van der Waals surface area contributed by atoms with Gasteiger partial charge in [-0.3, -0.25) is 0 Å². The maximum atomic E-state index is 2.51. The van der Waals surface area contributed by atoms with Crippen molar-refractivity contribution < 1.29 is 0 Å². The average molecular weight is 830 g/mol. The van der Waals surface area contributed by atoms with E-state index in [1.54, 1.807) is 0 Å². The Bertz CT molecular complexity index is 3600. The Morgan fingerprint density at radius 1 is 0.262 bits per heavy atom. The van der Waals surface area contributed by atoms with Crippen LogP contribution in [0.3, 0.4) is 0 Å². The predicted octanol–water partition coefficient (Wildman–Crippen LogP) is 17.4. The van der Waals surface area contributed by atoms with E-state index < -0.39 is 0 Å². The summed E-state index contributed by atoms with van der Waals surface area (Å²) in [5, 5.41) is 7.21. The van der Waals surface area contributed by atoms with Crippen LogP contribution in [0.5, 0.6) is 0 Å². The van der Waals surface area contributed by atoms with Crippen LogP contribution >= 0.6 is 0 Å². The highest BCUT2D eigenvalue weighted by Gasteiger charge is 2.32. The van der Waals surface area contributed by atoms with Gasteiger partial charge in [-0.2, -0.15) is 0 Å². The van der Waals surface area contributed by atoms with Crippen molar-refractivity contribution in [2.24, 2.45) is 0 Å². The van der Waals surface area contributed by atoms with Crippen molar-refractivity contribution in [2.45, 2.75) is 0 Å². The summed E-state index contributed by atoms with van der Waals surface area (Å²) >= 11 is 0. The molecule has 3 nitrogen and oxygen atoms in total. The van der Waals surface area contributed by atoms with Crippen LogP contribution in [0.2, 0.25) is 0 Å². The standard InChI is InChI=1S/C62H43N3/c1-6-20-44(21-7-1)46-34-39-52(40-35-46)63(49-25-10-3-11-26-49)60-56-33-19-18-32-55(56)59-58-54-31-17-16-24-48(54)38-43-57(58)65(51-29-14-5-15-30-51)61(59)62(60)64(50-27-12-4-13-28-50)53-41-36-47(37-42-53)45-22-8-2-9-23-45/h1-43H. The summed E-state index contributed by atoms with van der Waals surface area (Å²) < 4.78 is 2.51. The zero-order chi connectivity index (χ0) is 43.1. The molecule has 0 unspecified atom stereocenters. The van der Waals surface area contributed by atoms with Gasteiger partial charge in [0.1, 0.15) is 0 Å². The molecule has 0 saturated carbocycles. The van der Waals surface area contributed by atoms with Gasteiger partial charge in [0.2, 0.25) is 0 Å². The monoisotopic (exact) mass is 829 g/mol. The van der Waals surface area contributed by atoms with E-state index >= 15 is 0 Å². The number of benzene rings is 11. The summed E-state index contributed by atoms with van der Waals surface area (Å²) in [6, 6.07) is 94.5. The van der Waals surface area contributed by atoms with E-state index in [1.807, 2.05) is 0 Å². The van der Waals surface area contributed by atoms with Crippen molar-refractivity contribution in [1.82, 2.24) is 4.57 Å². The highest BCUT2D eigenvalue weighted by atomic mass is 15.2. The average Bonchev–Trinajstić information content (AvgIpc) is 3.75. The van der Waals surface area contributed by atoms with E-state index in [-0.39, 0.29) is 0 Å². The van der Waals surface area contributed by atoms with Gasteiger partial charge >= 0.3 is 0 Å². The van der Waals surface area contributed by atoms with Crippen molar-refractivity contribution in [3.63, 3.8) is 0 Å². The second-order valence-corrected chi connectivity index (χ2v) is 16.5. The number of fused-ring (bicyclic) bond motifs is 7. The summed E-state index contributed by atoms with van der Waals surface area (Å²) in [7, 11) is 0. The smallest absolute Gasteiger partial charge is 0.0959 e. The lowest BCUT2D eigenvalue weighted by Gasteiger charge is -2.35. The number of nitrogens with zero attached hydrogens (tertiary/aromatic N) is 3.